The Kier molecular flexibility index (Phi) is 3.70. The summed E-state index contributed by atoms with van der Waals surface area (Å²) >= 11 is 0. The van der Waals surface area contributed by atoms with Crippen molar-refractivity contribution in [1.82, 2.24) is 5.32 Å². The van der Waals surface area contributed by atoms with Crippen molar-refractivity contribution in [2.75, 3.05) is 6.26 Å². The van der Waals surface area contributed by atoms with Gasteiger partial charge in [-0.25, -0.2) is 8.42 Å². The van der Waals surface area contributed by atoms with E-state index in [4.69, 9.17) is 0 Å². The molecule has 1 rings (SSSR count). The highest BCUT2D eigenvalue weighted by Gasteiger charge is 2.10. The molecule has 0 heterocycles. The van der Waals surface area contributed by atoms with Gasteiger partial charge < -0.3 is 5.32 Å². The van der Waals surface area contributed by atoms with Crippen molar-refractivity contribution >= 4 is 15.7 Å². The van der Waals surface area contributed by atoms with Crippen LogP contribution in [0.5, 0.6) is 0 Å². The highest BCUT2D eigenvalue weighted by molar-refractivity contribution is 7.90. The largest absolute Gasteiger partial charge is 0.352 e. The monoisotopic (exact) mass is 241 g/mol. The maximum atomic E-state index is 11.4. The van der Waals surface area contributed by atoms with Crippen LogP contribution in [0.25, 0.3) is 0 Å². The van der Waals surface area contributed by atoms with Gasteiger partial charge in [-0.3, -0.25) is 4.79 Å². The molecule has 0 aliphatic rings. The van der Waals surface area contributed by atoms with Crippen molar-refractivity contribution in [1.29, 1.82) is 0 Å². The molecule has 5 heteroatoms. The number of hydrogen-bond acceptors (Lipinski definition) is 3. The van der Waals surface area contributed by atoms with Gasteiger partial charge in [0.1, 0.15) is 0 Å². The van der Waals surface area contributed by atoms with E-state index in [2.05, 4.69) is 5.32 Å². The van der Waals surface area contributed by atoms with Gasteiger partial charge in [-0.2, -0.15) is 0 Å². The molecule has 1 aromatic carbocycles. The van der Waals surface area contributed by atoms with Gasteiger partial charge in [-0.15, -0.1) is 0 Å². The molecule has 0 spiro atoms. The molecular weight excluding hydrogens is 226 g/mol. The van der Waals surface area contributed by atoms with Crippen LogP contribution in [0.2, 0.25) is 0 Å². The van der Waals surface area contributed by atoms with Crippen molar-refractivity contribution in [3.63, 3.8) is 0 Å². The summed E-state index contributed by atoms with van der Waals surface area (Å²) in [5.74, 6) is -0.107. The van der Waals surface area contributed by atoms with Crippen LogP contribution in [0, 0.1) is 6.92 Å². The van der Waals surface area contributed by atoms with Gasteiger partial charge in [-0.05, 0) is 24.1 Å². The van der Waals surface area contributed by atoms with Crippen molar-refractivity contribution in [2.45, 2.75) is 25.3 Å². The highest BCUT2D eigenvalue weighted by Crippen LogP contribution is 2.16. The van der Waals surface area contributed by atoms with Gasteiger partial charge in [0.2, 0.25) is 5.91 Å². The number of rotatable bonds is 3. The first-order valence-corrected chi connectivity index (χ1v) is 6.74. The van der Waals surface area contributed by atoms with E-state index in [0.717, 1.165) is 5.56 Å². The van der Waals surface area contributed by atoms with E-state index in [0.29, 0.717) is 17.0 Å². The predicted molar refractivity (Wildman–Crippen MR) is 61.8 cm³/mol. The van der Waals surface area contributed by atoms with Gasteiger partial charge in [-0.1, -0.05) is 12.1 Å². The van der Waals surface area contributed by atoms with E-state index in [9.17, 15) is 13.2 Å². The average molecular weight is 241 g/mol. The molecule has 1 amide bonds. The lowest BCUT2D eigenvalue weighted by molar-refractivity contribution is -0.119. The molecule has 1 N–H and O–H groups in total. The van der Waals surface area contributed by atoms with E-state index < -0.39 is 9.84 Å². The predicted octanol–water partition coefficient (Wildman–Crippen LogP) is 1.03. The van der Waals surface area contributed by atoms with Crippen molar-refractivity contribution in [3.8, 4) is 0 Å². The SMILES string of the molecule is CC(=O)NCc1ccc(S(C)(=O)=O)c(C)c1. The summed E-state index contributed by atoms with van der Waals surface area (Å²) < 4.78 is 22.7. The molecule has 0 atom stereocenters. The lowest BCUT2D eigenvalue weighted by atomic mass is 10.1. The van der Waals surface area contributed by atoms with Crippen molar-refractivity contribution < 1.29 is 13.2 Å². The van der Waals surface area contributed by atoms with E-state index in [-0.39, 0.29) is 5.91 Å². The number of sulfone groups is 1. The van der Waals surface area contributed by atoms with Gasteiger partial charge in [0.25, 0.3) is 0 Å². The van der Waals surface area contributed by atoms with Crippen LogP contribution in [0.4, 0.5) is 0 Å². The Bertz CT molecular complexity index is 506. The fourth-order valence-electron chi connectivity index (χ4n) is 1.46. The molecule has 0 saturated heterocycles. The number of aryl methyl sites for hydroxylation is 1. The molecule has 0 radical (unpaired) electrons. The second-order valence-corrected chi connectivity index (χ2v) is 5.77. The Hall–Kier alpha value is -1.36. The normalized spacial score (nSPS) is 11.2. The third-order valence-corrected chi connectivity index (χ3v) is 3.44. The standard InChI is InChI=1S/C11H15NO3S/c1-8-6-10(7-12-9(2)13)4-5-11(8)16(3,14)15/h4-6H,7H2,1-3H3,(H,12,13). The van der Waals surface area contributed by atoms with Crippen LogP contribution < -0.4 is 5.32 Å². The molecule has 0 fully saturated rings. The molecule has 0 unspecified atom stereocenters. The van der Waals surface area contributed by atoms with Crippen LogP contribution in [0.15, 0.2) is 23.1 Å². The van der Waals surface area contributed by atoms with Gasteiger partial charge in [0, 0.05) is 19.7 Å². The molecule has 16 heavy (non-hydrogen) atoms. The fourth-order valence-corrected chi connectivity index (χ4v) is 2.42. The minimum absolute atomic E-state index is 0.107. The van der Waals surface area contributed by atoms with Crippen LogP contribution >= 0.6 is 0 Å². The first kappa shape index (κ1) is 12.7. The number of carbonyl (C=O) groups excluding carboxylic acids is 1. The Morgan fingerprint density at radius 1 is 1.38 bits per heavy atom. The van der Waals surface area contributed by atoms with Crippen molar-refractivity contribution in [3.05, 3.63) is 29.3 Å². The summed E-state index contributed by atoms with van der Waals surface area (Å²) in [7, 11) is -3.17. The van der Waals surface area contributed by atoms with Gasteiger partial charge in [0.15, 0.2) is 9.84 Å². The second kappa shape index (κ2) is 4.65. The first-order chi connectivity index (χ1) is 7.30. The minimum atomic E-state index is -3.17. The van der Waals surface area contributed by atoms with E-state index >= 15 is 0 Å². The number of nitrogens with one attached hydrogen (secondary N) is 1. The Morgan fingerprint density at radius 2 is 2.00 bits per heavy atom. The molecule has 0 saturated carbocycles. The smallest absolute Gasteiger partial charge is 0.217 e. The van der Waals surface area contributed by atoms with Gasteiger partial charge >= 0.3 is 0 Å². The molecular formula is C11H15NO3S. The molecule has 4 nitrogen and oxygen atoms in total. The maximum absolute atomic E-state index is 11.4. The lowest BCUT2D eigenvalue weighted by Crippen LogP contribution is -2.19. The van der Waals surface area contributed by atoms with Crippen LogP contribution in [0.1, 0.15) is 18.1 Å². The fraction of sp³-hybridized carbons (Fsp3) is 0.364. The summed E-state index contributed by atoms with van der Waals surface area (Å²) in [5.41, 5.74) is 1.59. The highest BCUT2D eigenvalue weighted by atomic mass is 32.2. The second-order valence-electron chi connectivity index (χ2n) is 3.78. The van der Waals surface area contributed by atoms with Gasteiger partial charge in [0.05, 0.1) is 4.90 Å². The summed E-state index contributed by atoms with van der Waals surface area (Å²) in [4.78, 5) is 11.1. The molecule has 88 valence electrons. The zero-order chi connectivity index (χ0) is 12.3. The summed E-state index contributed by atoms with van der Waals surface area (Å²) in [6.45, 7) is 3.60. The van der Waals surface area contributed by atoms with E-state index in [1.54, 1.807) is 25.1 Å². The summed E-state index contributed by atoms with van der Waals surface area (Å²) in [6, 6.07) is 5.05. The quantitative estimate of drug-likeness (QED) is 0.859. The zero-order valence-electron chi connectivity index (χ0n) is 9.57. The molecule has 0 aliphatic heterocycles. The topological polar surface area (TPSA) is 63.2 Å². The molecule has 0 aromatic heterocycles. The third-order valence-electron chi connectivity index (χ3n) is 2.18. The molecule has 1 aromatic rings. The number of amides is 1. The summed E-state index contributed by atoms with van der Waals surface area (Å²) in [5, 5.41) is 2.66. The lowest BCUT2D eigenvalue weighted by Gasteiger charge is -2.07. The number of benzene rings is 1. The minimum Gasteiger partial charge on any atom is -0.352 e. The van der Waals surface area contributed by atoms with E-state index in [1.807, 2.05) is 0 Å². The van der Waals surface area contributed by atoms with Crippen LogP contribution in [0.3, 0.4) is 0 Å². The Morgan fingerprint density at radius 3 is 2.44 bits per heavy atom. The molecule has 0 aliphatic carbocycles. The number of carbonyl (C=O) groups is 1. The van der Waals surface area contributed by atoms with Crippen LogP contribution in [-0.2, 0) is 21.2 Å². The van der Waals surface area contributed by atoms with E-state index in [1.165, 1.54) is 13.2 Å². The van der Waals surface area contributed by atoms with Crippen LogP contribution in [-0.4, -0.2) is 20.6 Å². The summed E-state index contributed by atoms with van der Waals surface area (Å²) in [6.07, 6.45) is 1.18. The number of hydrogen-bond donors (Lipinski definition) is 1. The van der Waals surface area contributed by atoms with Crippen molar-refractivity contribution in [2.24, 2.45) is 0 Å². The average Bonchev–Trinajstić information content (AvgIpc) is 2.12. The Labute approximate surface area is 95.6 Å². The maximum Gasteiger partial charge on any atom is 0.217 e. The first-order valence-electron chi connectivity index (χ1n) is 4.84. The zero-order valence-corrected chi connectivity index (χ0v) is 10.4. The molecule has 0 bridgehead atoms. The third kappa shape index (κ3) is 3.34. The Balaban J connectivity index is 2.96.